The zero-order valence-electron chi connectivity index (χ0n) is 9.93. The van der Waals surface area contributed by atoms with Crippen LogP contribution in [0, 0.1) is 3.57 Å². The molecule has 1 rings (SSSR count). The first-order valence-electron chi connectivity index (χ1n) is 5.01. The van der Waals surface area contributed by atoms with Crippen molar-refractivity contribution in [1.82, 2.24) is 4.98 Å². The Kier molecular flexibility index (Phi) is 3.45. The highest BCUT2D eigenvalue weighted by Crippen LogP contribution is 2.26. The van der Waals surface area contributed by atoms with Gasteiger partial charge in [-0.3, -0.25) is 4.98 Å². The van der Waals surface area contributed by atoms with Crippen LogP contribution in [0.5, 0.6) is 0 Å². The number of aliphatic hydroxyl groups is 1. The van der Waals surface area contributed by atoms with E-state index in [1.54, 1.807) is 13.8 Å². The molecule has 0 unspecified atom stereocenters. The van der Waals surface area contributed by atoms with E-state index in [9.17, 15) is 5.11 Å². The summed E-state index contributed by atoms with van der Waals surface area (Å²) in [5.74, 6) is 0. The van der Waals surface area contributed by atoms with Gasteiger partial charge in [0.05, 0.1) is 5.69 Å². The second-order valence-electron chi connectivity index (χ2n) is 5.36. The Labute approximate surface area is 105 Å². The Balaban J connectivity index is 3.30. The first kappa shape index (κ1) is 12.9. The normalized spacial score (nSPS) is 13.0. The highest BCUT2D eigenvalue weighted by Gasteiger charge is 2.22. The molecule has 2 nitrogen and oxygen atoms in total. The summed E-state index contributed by atoms with van der Waals surface area (Å²) in [4.78, 5) is 4.52. The topological polar surface area (TPSA) is 33.1 Å². The number of nitrogens with zero attached hydrogens (tertiary/aromatic N) is 1. The lowest BCUT2D eigenvalue weighted by molar-refractivity contribution is 0.0733. The quantitative estimate of drug-likeness (QED) is 0.807. The lowest BCUT2D eigenvalue weighted by Gasteiger charge is -2.23. The fourth-order valence-corrected chi connectivity index (χ4v) is 1.78. The van der Waals surface area contributed by atoms with E-state index in [0.29, 0.717) is 0 Å². The van der Waals surface area contributed by atoms with Crippen LogP contribution in [0.15, 0.2) is 12.1 Å². The molecule has 0 aliphatic rings. The minimum atomic E-state index is -0.874. The van der Waals surface area contributed by atoms with E-state index in [0.717, 1.165) is 15.0 Å². The van der Waals surface area contributed by atoms with Gasteiger partial charge in [0.2, 0.25) is 0 Å². The summed E-state index contributed by atoms with van der Waals surface area (Å²) < 4.78 is 1.12. The Morgan fingerprint density at radius 1 is 1.07 bits per heavy atom. The van der Waals surface area contributed by atoms with Gasteiger partial charge in [-0.05, 0) is 48.6 Å². The molecule has 0 aliphatic heterocycles. The zero-order valence-corrected chi connectivity index (χ0v) is 12.1. The van der Waals surface area contributed by atoms with Gasteiger partial charge in [0.1, 0.15) is 5.60 Å². The van der Waals surface area contributed by atoms with Crippen LogP contribution in [0.3, 0.4) is 0 Å². The lowest BCUT2D eigenvalue weighted by atomic mass is 9.91. The van der Waals surface area contributed by atoms with E-state index < -0.39 is 5.60 Å². The molecule has 1 heterocycles. The summed E-state index contributed by atoms with van der Waals surface area (Å²) >= 11 is 2.26. The minimum absolute atomic E-state index is 0.0151. The fraction of sp³-hybridized carbons (Fsp3) is 0.583. The van der Waals surface area contributed by atoms with E-state index in [1.807, 2.05) is 6.07 Å². The summed E-state index contributed by atoms with van der Waals surface area (Å²) in [6.07, 6.45) is 0. The second-order valence-corrected chi connectivity index (χ2v) is 6.61. The average molecular weight is 319 g/mol. The molecular weight excluding hydrogens is 301 g/mol. The highest BCUT2D eigenvalue weighted by atomic mass is 127. The van der Waals surface area contributed by atoms with Crippen molar-refractivity contribution in [3.05, 3.63) is 27.1 Å². The van der Waals surface area contributed by atoms with Crippen molar-refractivity contribution in [2.75, 3.05) is 0 Å². The monoisotopic (exact) mass is 319 g/mol. The minimum Gasteiger partial charge on any atom is -0.384 e. The number of hydrogen-bond acceptors (Lipinski definition) is 2. The van der Waals surface area contributed by atoms with Crippen molar-refractivity contribution in [3.63, 3.8) is 0 Å². The largest absolute Gasteiger partial charge is 0.384 e. The third kappa shape index (κ3) is 3.41. The van der Waals surface area contributed by atoms with Gasteiger partial charge in [0.15, 0.2) is 0 Å². The van der Waals surface area contributed by atoms with Crippen LogP contribution in [0.4, 0.5) is 0 Å². The van der Waals surface area contributed by atoms with Gasteiger partial charge in [-0.1, -0.05) is 20.8 Å². The number of rotatable bonds is 1. The molecule has 0 spiro atoms. The molecule has 0 bridgehead atoms. The summed E-state index contributed by atoms with van der Waals surface area (Å²) in [5.41, 5.74) is 0.897. The van der Waals surface area contributed by atoms with Crippen molar-refractivity contribution in [3.8, 4) is 0 Å². The van der Waals surface area contributed by atoms with Crippen LogP contribution in [0.25, 0.3) is 0 Å². The van der Waals surface area contributed by atoms with Gasteiger partial charge in [-0.25, -0.2) is 0 Å². The molecule has 0 aliphatic carbocycles. The predicted molar refractivity (Wildman–Crippen MR) is 70.9 cm³/mol. The zero-order chi connectivity index (χ0) is 11.9. The molecule has 15 heavy (non-hydrogen) atoms. The van der Waals surface area contributed by atoms with E-state index in [2.05, 4.69) is 54.4 Å². The SMILES string of the molecule is CC(C)(C)c1cc(I)cc(C(C)(C)O)n1. The third-order valence-electron chi connectivity index (χ3n) is 2.19. The van der Waals surface area contributed by atoms with Gasteiger partial charge in [0, 0.05) is 14.7 Å². The Morgan fingerprint density at radius 3 is 1.93 bits per heavy atom. The van der Waals surface area contributed by atoms with E-state index in [4.69, 9.17) is 0 Å². The van der Waals surface area contributed by atoms with Crippen LogP contribution in [-0.4, -0.2) is 10.1 Å². The summed E-state index contributed by atoms with van der Waals surface area (Å²) in [7, 11) is 0. The standard InChI is InChI=1S/C12H18INO/c1-11(2,3)9-6-8(13)7-10(14-9)12(4,5)15/h6-7,15H,1-5H3. The van der Waals surface area contributed by atoms with Gasteiger partial charge in [0.25, 0.3) is 0 Å². The van der Waals surface area contributed by atoms with Gasteiger partial charge < -0.3 is 5.11 Å². The highest BCUT2D eigenvalue weighted by molar-refractivity contribution is 14.1. The van der Waals surface area contributed by atoms with Crippen LogP contribution in [0.2, 0.25) is 0 Å². The van der Waals surface area contributed by atoms with Crippen LogP contribution >= 0.6 is 22.6 Å². The van der Waals surface area contributed by atoms with Gasteiger partial charge >= 0.3 is 0 Å². The molecule has 0 fully saturated rings. The number of halogens is 1. The molecule has 0 saturated heterocycles. The maximum absolute atomic E-state index is 9.94. The van der Waals surface area contributed by atoms with Crippen molar-refractivity contribution >= 4 is 22.6 Å². The summed E-state index contributed by atoms with van der Waals surface area (Å²) in [6.45, 7) is 9.90. The molecule has 1 aromatic heterocycles. The molecule has 0 aromatic carbocycles. The van der Waals surface area contributed by atoms with Crippen LogP contribution < -0.4 is 0 Å². The molecular formula is C12H18INO. The van der Waals surface area contributed by atoms with Crippen LogP contribution in [0.1, 0.15) is 46.0 Å². The molecule has 1 aromatic rings. The molecule has 0 atom stereocenters. The average Bonchev–Trinajstić information content (AvgIpc) is 1.99. The molecule has 3 heteroatoms. The molecule has 1 N–H and O–H groups in total. The fourth-order valence-electron chi connectivity index (χ4n) is 1.19. The first-order valence-corrected chi connectivity index (χ1v) is 6.09. The van der Waals surface area contributed by atoms with Crippen LogP contribution in [-0.2, 0) is 11.0 Å². The van der Waals surface area contributed by atoms with Crippen molar-refractivity contribution in [2.24, 2.45) is 0 Å². The van der Waals surface area contributed by atoms with Crippen molar-refractivity contribution in [1.29, 1.82) is 0 Å². The van der Waals surface area contributed by atoms with E-state index in [-0.39, 0.29) is 5.41 Å². The maximum Gasteiger partial charge on any atom is 0.101 e. The number of hydrogen-bond donors (Lipinski definition) is 1. The van der Waals surface area contributed by atoms with Crippen molar-refractivity contribution in [2.45, 2.75) is 45.6 Å². The molecule has 0 saturated carbocycles. The second kappa shape index (κ2) is 4.01. The Morgan fingerprint density at radius 2 is 1.53 bits per heavy atom. The lowest BCUT2D eigenvalue weighted by Crippen LogP contribution is -2.22. The van der Waals surface area contributed by atoms with E-state index in [1.165, 1.54) is 0 Å². The predicted octanol–water partition coefficient (Wildman–Crippen LogP) is 3.21. The maximum atomic E-state index is 9.94. The molecule has 0 amide bonds. The number of pyridine rings is 1. The summed E-state index contributed by atoms with van der Waals surface area (Å²) in [5, 5.41) is 9.94. The summed E-state index contributed by atoms with van der Waals surface area (Å²) in [6, 6.07) is 3.99. The van der Waals surface area contributed by atoms with E-state index >= 15 is 0 Å². The number of aromatic nitrogens is 1. The van der Waals surface area contributed by atoms with Gasteiger partial charge in [-0.2, -0.15) is 0 Å². The Hall–Kier alpha value is -0.160. The molecule has 0 radical (unpaired) electrons. The van der Waals surface area contributed by atoms with Gasteiger partial charge in [-0.15, -0.1) is 0 Å². The smallest absolute Gasteiger partial charge is 0.101 e. The first-order chi connectivity index (χ1) is 6.60. The van der Waals surface area contributed by atoms with Crippen molar-refractivity contribution < 1.29 is 5.11 Å². The third-order valence-corrected chi connectivity index (χ3v) is 2.81. The Bertz CT molecular complexity index is 329. The molecule has 84 valence electrons.